The molecule has 2 rings (SSSR count). The normalized spacial score (nSPS) is 16.2. The fraction of sp³-hybridized carbons (Fsp3) is 0.500. The Bertz CT molecular complexity index is 576. The summed E-state index contributed by atoms with van der Waals surface area (Å²) in [5.41, 5.74) is 0. The third-order valence-electron chi connectivity index (χ3n) is 3.70. The van der Waals surface area contributed by atoms with Crippen LogP contribution in [0.3, 0.4) is 0 Å². The van der Waals surface area contributed by atoms with E-state index in [1.807, 2.05) is 6.92 Å². The molecule has 0 aromatic heterocycles. The van der Waals surface area contributed by atoms with E-state index in [9.17, 15) is 13.2 Å². The summed E-state index contributed by atoms with van der Waals surface area (Å²) in [7, 11) is -3.50. The van der Waals surface area contributed by atoms with Crippen molar-refractivity contribution in [2.45, 2.75) is 11.8 Å². The van der Waals surface area contributed by atoms with Gasteiger partial charge in [0.25, 0.3) is 0 Å². The fourth-order valence-corrected chi connectivity index (χ4v) is 3.15. The van der Waals surface area contributed by atoms with Crippen LogP contribution in [0.2, 0.25) is 0 Å². The largest absolute Gasteiger partial charge is 0.355 e. The first-order valence-electron chi connectivity index (χ1n) is 7.04. The van der Waals surface area contributed by atoms with Crippen LogP contribution in [0.4, 0.5) is 0 Å². The van der Waals surface area contributed by atoms with E-state index in [4.69, 9.17) is 0 Å². The van der Waals surface area contributed by atoms with Crippen LogP contribution in [0.15, 0.2) is 35.2 Å². The lowest BCUT2D eigenvalue weighted by Gasteiger charge is -2.31. The van der Waals surface area contributed by atoms with Gasteiger partial charge in [-0.1, -0.05) is 25.1 Å². The smallest absolute Gasteiger partial charge is 0.240 e. The highest BCUT2D eigenvalue weighted by atomic mass is 35.5. The topological polar surface area (TPSA) is 87.3 Å². The molecule has 1 saturated heterocycles. The van der Waals surface area contributed by atoms with Crippen molar-refractivity contribution in [3.8, 4) is 0 Å². The second-order valence-electron chi connectivity index (χ2n) is 5.21. The molecule has 0 bridgehead atoms. The minimum absolute atomic E-state index is 0. The first kappa shape index (κ1) is 18.9. The third-order valence-corrected chi connectivity index (χ3v) is 5.18. The highest BCUT2D eigenvalue weighted by Crippen LogP contribution is 2.15. The lowest BCUT2D eigenvalue weighted by atomic mass is 9.88. The van der Waals surface area contributed by atoms with Gasteiger partial charge in [-0.3, -0.25) is 4.79 Å². The maximum absolute atomic E-state index is 11.9. The summed E-state index contributed by atoms with van der Waals surface area (Å²) in [5, 5.41) is 5.89. The Hall–Kier alpha value is -1.15. The van der Waals surface area contributed by atoms with Crippen LogP contribution in [-0.2, 0) is 14.8 Å². The second-order valence-corrected chi connectivity index (χ2v) is 6.98. The molecule has 3 N–H and O–H groups in total. The van der Waals surface area contributed by atoms with Gasteiger partial charge in [-0.05, 0) is 31.1 Å². The predicted molar refractivity (Wildman–Crippen MR) is 87.4 cm³/mol. The zero-order valence-electron chi connectivity index (χ0n) is 12.4. The predicted octanol–water partition coefficient (Wildman–Crippen LogP) is 0.358. The number of rotatable bonds is 7. The number of amides is 1. The number of carbonyl (C=O) groups excluding carboxylic acids is 1. The molecule has 1 unspecified atom stereocenters. The highest BCUT2D eigenvalue weighted by Gasteiger charge is 2.28. The van der Waals surface area contributed by atoms with Crippen LogP contribution in [-0.4, -0.2) is 40.5 Å². The molecule has 1 amide bonds. The van der Waals surface area contributed by atoms with Crippen molar-refractivity contribution in [2.75, 3.05) is 26.2 Å². The molecule has 1 aliphatic heterocycles. The molecule has 0 radical (unpaired) electrons. The van der Waals surface area contributed by atoms with Gasteiger partial charge in [-0.25, -0.2) is 13.1 Å². The molecule has 0 saturated carbocycles. The van der Waals surface area contributed by atoms with E-state index >= 15 is 0 Å². The number of hydrogen-bond acceptors (Lipinski definition) is 4. The average molecular weight is 348 g/mol. The molecule has 1 heterocycles. The van der Waals surface area contributed by atoms with Crippen molar-refractivity contribution < 1.29 is 13.2 Å². The van der Waals surface area contributed by atoms with Crippen molar-refractivity contribution >= 4 is 28.3 Å². The monoisotopic (exact) mass is 347 g/mol. The van der Waals surface area contributed by atoms with Crippen LogP contribution >= 0.6 is 12.4 Å². The summed E-state index contributed by atoms with van der Waals surface area (Å²) in [6.07, 6.45) is 0. The van der Waals surface area contributed by atoms with Gasteiger partial charge in [0.15, 0.2) is 0 Å². The number of halogens is 1. The Morgan fingerprint density at radius 2 is 1.91 bits per heavy atom. The minimum atomic E-state index is -3.50. The van der Waals surface area contributed by atoms with Gasteiger partial charge in [0.05, 0.1) is 4.90 Å². The molecule has 1 aromatic carbocycles. The Labute approximate surface area is 137 Å². The van der Waals surface area contributed by atoms with E-state index in [2.05, 4.69) is 15.4 Å². The Balaban J connectivity index is 0.00000242. The van der Waals surface area contributed by atoms with Gasteiger partial charge >= 0.3 is 0 Å². The quantitative estimate of drug-likeness (QED) is 0.621. The minimum Gasteiger partial charge on any atom is -0.355 e. The van der Waals surface area contributed by atoms with Gasteiger partial charge < -0.3 is 10.6 Å². The number of benzene rings is 1. The summed E-state index contributed by atoms with van der Waals surface area (Å²) in [4.78, 5) is 12.1. The number of carbonyl (C=O) groups is 1. The average Bonchev–Trinajstić information content (AvgIpc) is 2.42. The van der Waals surface area contributed by atoms with E-state index < -0.39 is 10.0 Å². The molecular weight excluding hydrogens is 326 g/mol. The van der Waals surface area contributed by atoms with Crippen LogP contribution in [0.1, 0.15) is 6.92 Å². The summed E-state index contributed by atoms with van der Waals surface area (Å²) in [6, 6.07) is 8.17. The van der Waals surface area contributed by atoms with Gasteiger partial charge in [-0.15, -0.1) is 12.4 Å². The molecule has 1 aromatic rings. The summed E-state index contributed by atoms with van der Waals surface area (Å²) >= 11 is 0. The van der Waals surface area contributed by atoms with E-state index in [1.165, 1.54) is 12.1 Å². The second kappa shape index (κ2) is 8.47. The molecule has 1 fully saturated rings. The molecule has 6 nitrogen and oxygen atoms in total. The maximum atomic E-state index is 11.9. The van der Waals surface area contributed by atoms with Crippen LogP contribution in [0.25, 0.3) is 0 Å². The lowest BCUT2D eigenvalue weighted by molar-refractivity contribution is -0.126. The van der Waals surface area contributed by atoms with Crippen molar-refractivity contribution in [3.05, 3.63) is 30.3 Å². The van der Waals surface area contributed by atoms with Gasteiger partial charge in [0.1, 0.15) is 0 Å². The molecule has 1 aliphatic rings. The molecule has 124 valence electrons. The van der Waals surface area contributed by atoms with E-state index in [0.29, 0.717) is 5.92 Å². The first-order valence-corrected chi connectivity index (χ1v) is 8.52. The molecular formula is C14H22ClN3O3S. The number of sulfonamides is 1. The van der Waals surface area contributed by atoms with Crippen LogP contribution < -0.4 is 15.4 Å². The van der Waals surface area contributed by atoms with Crippen LogP contribution in [0, 0.1) is 11.8 Å². The Morgan fingerprint density at radius 1 is 1.27 bits per heavy atom. The summed E-state index contributed by atoms with van der Waals surface area (Å²) in [6.45, 7) is 4.10. The fourth-order valence-electron chi connectivity index (χ4n) is 2.09. The summed E-state index contributed by atoms with van der Waals surface area (Å²) in [5.74, 6) is 0.309. The van der Waals surface area contributed by atoms with Crippen LogP contribution in [0.5, 0.6) is 0 Å². The van der Waals surface area contributed by atoms with Crippen molar-refractivity contribution in [3.63, 3.8) is 0 Å². The van der Waals surface area contributed by atoms with Gasteiger partial charge in [-0.2, -0.15) is 0 Å². The maximum Gasteiger partial charge on any atom is 0.240 e. The third kappa shape index (κ3) is 4.95. The van der Waals surface area contributed by atoms with Gasteiger partial charge in [0.2, 0.25) is 15.9 Å². The lowest BCUT2D eigenvalue weighted by Crippen LogP contribution is -2.50. The van der Waals surface area contributed by atoms with Crippen molar-refractivity contribution in [1.29, 1.82) is 0 Å². The zero-order valence-corrected chi connectivity index (χ0v) is 14.0. The highest BCUT2D eigenvalue weighted by molar-refractivity contribution is 7.89. The zero-order chi connectivity index (χ0) is 15.3. The first-order chi connectivity index (χ1) is 10.0. The van der Waals surface area contributed by atoms with E-state index in [0.717, 1.165) is 13.1 Å². The van der Waals surface area contributed by atoms with Crippen molar-refractivity contribution in [2.24, 2.45) is 11.8 Å². The van der Waals surface area contributed by atoms with Crippen molar-refractivity contribution in [1.82, 2.24) is 15.4 Å². The summed E-state index contributed by atoms with van der Waals surface area (Å²) < 4.78 is 26.4. The number of hydrogen-bond donors (Lipinski definition) is 3. The molecule has 1 atom stereocenters. The molecule has 22 heavy (non-hydrogen) atoms. The Morgan fingerprint density at radius 3 is 2.45 bits per heavy atom. The molecule has 0 aliphatic carbocycles. The molecule has 8 heteroatoms. The van der Waals surface area contributed by atoms with E-state index in [-0.39, 0.29) is 42.2 Å². The molecule has 0 spiro atoms. The van der Waals surface area contributed by atoms with Gasteiger partial charge in [0, 0.05) is 19.0 Å². The Kier molecular flexibility index (Phi) is 7.28. The number of nitrogens with one attached hydrogen (secondary N) is 3. The van der Waals surface area contributed by atoms with E-state index in [1.54, 1.807) is 18.2 Å². The SMILES string of the molecule is CC(C(=O)NCCNS(=O)(=O)c1ccccc1)C1CNC1.Cl. The standard InChI is InChI=1S/C14H21N3O3S.ClH/c1-11(12-9-15-10-12)14(18)16-7-8-17-21(19,20)13-5-3-2-4-6-13;/h2-6,11-12,15,17H,7-10H2,1H3,(H,16,18);1H.